The van der Waals surface area contributed by atoms with E-state index in [9.17, 15) is 9.18 Å². The zero-order chi connectivity index (χ0) is 13.9. The van der Waals surface area contributed by atoms with Crippen molar-refractivity contribution >= 4 is 17.3 Å². The normalized spacial score (nSPS) is 22.4. The fourth-order valence-electron chi connectivity index (χ4n) is 2.39. The van der Waals surface area contributed by atoms with Crippen LogP contribution in [0.1, 0.15) is 25.7 Å². The van der Waals surface area contributed by atoms with Crippen molar-refractivity contribution in [3.8, 4) is 0 Å². The number of hydrogen-bond acceptors (Lipinski definition) is 3. The van der Waals surface area contributed by atoms with Crippen molar-refractivity contribution in [1.29, 1.82) is 0 Å². The molecule has 0 aromatic heterocycles. The van der Waals surface area contributed by atoms with Crippen LogP contribution in [0.5, 0.6) is 0 Å². The van der Waals surface area contributed by atoms with Gasteiger partial charge in [0.1, 0.15) is 11.5 Å². The topological polar surface area (TPSA) is 50.4 Å². The van der Waals surface area contributed by atoms with Gasteiger partial charge in [0.25, 0.3) is 0 Å². The standard InChI is InChI=1S/C15H19FN2O2/c16-12-4-1-5-13(17-11-6-7-11)14(12)18-15(19)10-3-2-8-20-9-10/h1,4-5,10-11,17H,2-3,6-9H2,(H,18,19). The van der Waals surface area contributed by atoms with Gasteiger partial charge in [0, 0.05) is 12.6 Å². The maximum absolute atomic E-state index is 14.0. The lowest BCUT2D eigenvalue weighted by Gasteiger charge is -2.22. The zero-order valence-electron chi connectivity index (χ0n) is 11.3. The molecule has 108 valence electrons. The van der Waals surface area contributed by atoms with Gasteiger partial charge in [-0.2, -0.15) is 0 Å². The summed E-state index contributed by atoms with van der Waals surface area (Å²) in [5, 5.41) is 5.97. The van der Waals surface area contributed by atoms with E-state index < -0.39 is 5.82 Å². The van der Waals surface area contributed by atoms with E-state index in [0.29, 0.717) is 24.9 Å². The first-order valence-corrected chi connectivity index (χ1v) is 7.17. The van der Waals surface area contributed by atoms with Crippen molar-refractivity contribution in [3.63, 3.8) is 0 Å². The molecule has 4 nitrogen and oxygen atoms in total. The molecule has 20 heavy (non-hydrogen) atoms. The molecule has 1 saturated heterocycles. The Labute approximate surface area is 117 Å². The number of carbonyl (C=O) groups is 1. The summed E-state index contributed by atoms with van der Waals surface area (Å²) >= 11 is 0. The summed E-state index contributed by atoms with van der Waals surface area (Å²) in [6.07, 6.45) is 3.87. The third-order valence-corrected chi connectivity index (χ3v) is 3.73. The molecule has 5 heteroatoms. The molecule has 1 aliphatic heterocycles. The van der Waals surface area contributed by atoms with E-state index >= 15 is 0 Å². The van der Waals surface area contributed by atoms with E-state index in [4.69, 9.17) is 4.74 Å². The summed E-state index contributed by atoms with van der Waals surface area (Å²) in [4.78, 5) is 12.2. The average molecular weight is 278 g/mol. The quantitative estimate of drug-likeness (QED) is 0.890. The van der Waals surface area contributed by atoms with Crippen LogP contribution in [-0.2, 0) is 9.53 Å². The number of amides is 1. The molecule has 2 fully saturated rings. The first-order chi connectivity index (χ1) is 9.74. The molecule has 0 spiro atoms. The van der Waals surface area contributed by atoms with Crippen molar-refractivity contribution in [2.24, 2.45) is 5.92 Å². The molecule has 1 aromatic rings. The smallest absolute Gasteiger partial charge is 0.229 e. The summed E-state index contributed by atoms with van der Waals surface area (Å²) in [6.45, 7) is 1.13. The van der Waals surface area contributed by atoms with Gasteiger partial charge in [-0.15, -0.1) is 0 Å². The van der Waals surface area contributed by atoms with Gasteiger partial charge in [0.15, 0.2) is 0 Å². The van der Waals surface area contributed by atoms with Gasteiger partial charge in [0.05, 0.1) is 18.2 Å². The second-order valence-corrected chi connectivity index (χ2v) is 5.48. The van der Waals surface area contributed by atoms with Crippen LogP contribution in [-0.4, -0.2) is 25.2 Å². The summed E-state index contributed by atoms with van der Waals surface area (Å²) < 4.78 is 19.3. The zero-order valence-corrected chi connectivity index (χ0v) is 11.3. The molecule has 1 unspecified atom stereocenters. The average Bonchev–Trinajstić information content (AvgIpc) is 3.27. The lowest BCUT2D eigenvalue weighted by molar-refractivity contribution is -0.123. The lowest BCUT2D eigenvalue weighted by atomic mass is 10.0. The SMILES string of the molecule is O=C(Nc1c(F)cccc1NC1CC1)C1CCCOC1. The van der Waals surface area contributed by atoms with Crippen LogP contribution in [0.3, 0.4) is 0 Å². The second-order valence-electron chi connectivity index (χ2n) is 5.48. The number of ether oxygens (including phenoxy) is 1. The Morgan fingerprint density at radius 2 is 2.15 bits per heavy atom. The van der Waals surface area contributed by atoms with Crippen LogP contribution in [0, 0.1) is 11.7 Å². The Hall–Kier alpha value is -1.62. The molecule has 3 rings (SSSR count). The summed E-state index contributed by atoms with van der Waals surface area (Å²) in [7, 11) is 0. The minimum Gasteiger partial charge on any atom is -0.381 e. The lowest BCUT2D eigenvalue weighted by Crippen LogP contribution is -2.30. The monoisotopic (exact) mass is 278 g/mol. The summed E-state index contributed by atoms with van der Waals surface area (Å²) in [5.41, 5.74) is 0.924. The molecule has 2 N–H and O–H groups in total. The highest BCUT2D eigenvalue weighted by Crippen LogP contribution is 2.31. The third-order valence-electron chi connectivity index (χ3n) is 3.73. The molecular formula is C15H19FN2O2. The summed E-state index contributed by atoms with van der Waals surface area (Å²) in [6, 6.07) is 5.23. The van der Waals surface area contributed by atoms with Gasteiger partial charge in [-0.25, -0.2) is 4.39 Å². The Kier molecular flexibility index (Phi) is 3.87. The fourth-order valence-corrected chi connectivity index (χ4v) is 2.39. The van der Waals surface area contributed by atoms with Crippen LogP contribution in [0.2, 0.25) is 0 Å². The van der Waals surface area contributed by atoms with E-state index in [0.717, 1.165) is 25.7 Å². The van der Waals surface area contributed by atoms with Crippen LogP contribution in [0.25, 0.3) is 0 Å². The maximum Gasteiger partial charge on any atom is 0.229 e. The molecule has 2 aliphatic rings. The highest BCUT2D eigenvalue weighted by atomic mass is 19.1. The minimum atomic E-state index is -0.402. The number of para-hydroxylation sites is 1. The molecule has 1 atom stereocenters. The minimum absolute atomic E-state index is 0.159. The Morgan fingerprint density at radius 3 is 2.85 bits per heavy atom. The Morgan fingerprint density at radius 1 is 1.30 bits per heavy atom. The second kappa shape index (κ2) is 5.79. The molecule has 0 radical (unpaired) electrons. The van der Waals surface area contributed by atoms with E-state index in [1.165, 1.54) is 6.07 Å². The molecular weight excluding hydrogens is 259 g/mol. The van der Waals surface area contributed by atoms with E-state index in [1.807, 2.05) is 0 Å². The highest BCUT2D eigenvalue weighted by molar-refractivity contribution is 5.96. The largest absolute Gasteiger partial charge is 0.381 e. The van der Waals surface area contributed by atoms with Gasteiger partial charge < -0.3 is 15.4 Å². The first kappa shape index (κ1) is 13.4. The van der Waals surface area contributed by atoms with Crippen molar-refractivity contribution in [2.75, 3.05) is 23.8 Å². The van der Waals surface area contributed by atoms with Crippen LogP contribution < -0.4 is 10.6 Å². The number of carbonyl (C=O) groups excluding carboxylic acids is 1. The van der Waals surface area contributed by atoms with Gasteiger partial charge >= 0.3 is 0 Å². The van der Waals surface area contributed by atoms with E-state index in [2.05, 4.69) is 10.6 Å². The number of anilines is 2. The van der Waals surface area contributed by atoms with Gasteiger partial charge in [-0.1, -0.05) is 6.07 Å². The molecule has 0 bridgehead atoms. The fraction of sp³-hybridized carbons (Fsp3) is 0.533. The van der Waals surface area contributed by atoms with Crippen LogP contribution in [0.15, 0.2) is 18.2 Å². The predicted octanol–water partition coefficient (Wildman–Crippen LogP) is 2.77. The third kappa shape index (κ3) is 3.10. The number of benzene rings is 1. The van der Waals surface area contributed by atoms with Gasteiger partial charge in [0.2, 0.25) is 5.91 Å². The first-order valence-electron chi connectivity index (χ1n) is 7.17. The maximum atomic E-state index is 14.0. The van der Waals surface area contributed by atoms with Crippen molar-refractivity contribution in [2.45, 2.75) is 31.7 Å². The number of hydrogen-bond donors (Lipinski definition) is 2. The van der Waals surface area contributed by atoms with E-state index in [-0.39, 0.29) is 17.5 Å². The molecule has 1 aromatic carbocycles. The van der Waals surface area contributed by atoms with Gasteiger partial charge in [-0.3, -0.25) is 4.79 Å². The van der Waals surface area contributed by atoms with Crippen LogP contribution >= 0.6 is 0 Å². The van der Waals surface area contributed by atoms with E-state index in [1.54, 1.807) is 12.1 Å². The van der Waals surface area contributed by atoms with Crippen molar-refractivity contribution < 1.29 is 13.9 Å². The Balaban J connectivity index is 1.72. The molecule has 1 saturated carbocycles. The van der Waals surface area contributed by atoms with Crippen molar-refractivity contribution in [1.82, 2.24) is 0 Å². The number of halogens is 1. The number of rotatable bonds is 4. The van der Waals surface area contributed by atoms with Gasteiger partial charge in [-0.05, 0) is 37.8 Å². The van der Waals surface area contributed by atoms with Crippen LogP contribution in [0.4, 0.5) is 15.8 Å². The predicted molar refractivity (Wildman–Crippen MR) is 75.2 cm³/mol. The molecule has 1 amide bonds. The molecule has 1 heterocycles. The Bertz CT molecular complexity index is 497. The molecule has 1 aliphatic carbocycles. The number of nitrogens with one attached hydrogen (secondary N) is 2. The van der Waals surface area contributed by atoms with Crippen molar-refractivity contribution in [3.05, 3.63) is 24.0 Å². The summed E-state index contributed by atoms with van der Waals surface area (Å²) in [5.74, 6) is -0.744. The highest BCUT2D eigenvalue weighted by Gasteiger charge is 2.26.